The number of aromatic nitrogens is 3. The van der Waals surface area contributed by atoms with Crippen LogP contribution in [0.4, 0.5) is 10.5 Å². The van der Waals surface area contributed by atoms with Crippen LogP contribution in [0, 0.1) is 0 Å². The Balaban J connectivity index is 1.55. The number of ether oxygens (including phenoxy) is 1. The van der Waals surface area contributed by atoms with Crippen molar-refractivity contribution in [1.82, 2.24) is 19.7 Å². The smallest absolute Gasteiger partial charge is 0.321 e. The van der Waals surface area contributed by atoms with E-state index in [4.69, 9.17) is 4.74 Å². The zero-order valence-electron chi connectivity index (χ0n) is 14.6. The fourth-order valence-electron chi connectivity index (χ4n) is 2.92. The zero-order chi connectivity index (χ0) is 17.5. The van der Waals surface area contributed by atoms with Crippen molar-refractivity contribution >= 4 is 11.7 Å². The third-order valence-electron chi connectivity index (χ3n) is 4.24. The molecule has 0 aromatic carbocycles. The van der Waals surface area contributed by atoms with Crippen LogP contribution in [0.25, 0.3) is 5.82 Å². The highest BCUT2D eigenvalue weighted by Crippen LogP contribution is 2.16. The van der Waals surface area contributed by atoms with Crippen LogP contribution in [0.2, 0.25) is 0 Å². The molecule has 1 fully saturated rings. The minimum Gasteiger partial charge on any atom is -0.378 e. The summed E-state index contributed by atoms with van der Waals surface area (Å²) in [6.07, 6.45) is 9.29. The maximum Gasteiger partial charge on any atom is 0.321 e. The lowest BCUT2D eigenvalue weighted by Crippen LogP contribution is -2.35. The number of likely N-dealkylation sites (tertiary alicyclic amines) is 1. The Labute approximate surface area is 148 Å². The molecule has 0 saturated carbocycles. The summed E-state index contributed by atoms with van der Waals surface area (Å²) >= 11 is 0. The number of carbonyl (C=O) groups is 1. The normalized spacial score (nSPS) is 18.0. The first-order chi connectivity index (χ1) is 12.3. The van der Waals surface area contributed by atoms with Crippen LogP contribution < -0.4 is 5.32 Å². The van der Waals surface area contributed by atoms with Gasteiger partial charge in [-0.2, -0.15) is 5.10 Å². The Kier molecular flexibility index (Phi) is 6.00. The first-order valence-corrected chi connectivity index (χ1v) is 8.90. The summed E-state index contributed by atoms with van der Waals surface area (Å²) in [5.74, 6) is 0.716. The number of urea groups is 1. The average Bonchev–Trinajstić information content (AvgIpc) is 2.97. The molecular formula is C18H25N5O2. The monoisotopic (exact) mass is 343 g/mol. The molecule has 134 valence electrons. The van der Waals surface area contributed by atoms with Gasteiger partial charge >= 0.3 is 6.03 Å². The molecule has 2 aromatic rings. The number of nitrogens with zero attached hydrogens (tertiary/aromatic N) is 4. The molecule has 1 atom stereocenters. The second kappa shape index (κ2) is 8.62. The van der Waals surface area contributed by atoms with Gasteiger partial charge in [0.25, 0.3) is 0 Å². The summed E-state index contributed by atoms with van der Waals surface area (Å²) in [6, 6.07) is 5.53. The van der Waals surface area contributed by atoms with E-state index < -0.39 is 0 Å². The molecule has 0 bridgehead atoms. The van der Waals surface area contributed by atoms with E-state index >= 15 is 0 Å². The Hall–Kier alpha value is -2.41. The highest BCUT2D eigenvalue weighted by atomic mass is 16.5. The van der Waals surface area contributed by atoms with E-state index in [2.05, 4.69) is 22.3 Å². The van der Waals surface area contributed by atoms with E-state index in [1.165, 1.54) is 0 Å². The van der Waals surface area contributed by atoms with Crippen LogP contribution in [0.3, 0.4) is 0 Å². The van der Waals surface area contributed by atoms with E-state index in [1.54, 1.807) is 23.3 Å². The van der Waals surface area contributed by atoms with Crippen LogP contribution in [-0.2, 0) is 4.74 Å². The molecule has 7 heteroatoms. The number of carbonyl (C=O) groups excluding carboxylic acids is 1. The number of pyridine rings is 1. The average molecular weight is 343 g/mol. The van der Waals surface area contributed by atoms with Crippen LogP contribution >= 0.6 is 0 Å². The third-order valence-corrected chi connectivity index (χ3v) is 4.24. The number of anilines is 1. The second-order valence-electron chi connectivity index (χ2n) is 6.20. The number of amides is 2. The predicted molar refractivity (Wildman–Crippen MR) is 95.8 cm³/mol. The molecule has 1 N–H and O–H groups in total. The SMILES string of the molecule is CCCO[C@H]1CCCN(C(=O)Nc2cnn(-c3ccccn3)c2)CC1. The lowest BCUT2D eigenvalue weighted by molar-refractivity contribution is 0.0446. The largest absolute Gasteiger partial charge is 0.378 e. The molecule has 0 spiro atoms. The van der Waals surface area contributed by atoms with E-state index in [0.717, 1.165) is 38.8 Å². The van der Waals surface area contributed by atoms with E-state index in [0.29, 0.717) is 18.1 Å². The van der Waals surface area contributed by atoms with Crippen LogP contribution in [0.1, 0.15) is 32.6 Å². The Morgan fingerprint density at radius 2 is 2.28 bits per heavy atom. The van der Waals surface area contributed by atoms with Crippen molar-refractivity contribution in [3.63, 3.8) is 0 Å². The first kappa shape index (κ1) is 17.4. The highest BCUT2D eigenvalue weighted by Gasteiger charge is 2.21. The molecule has 25 heavy (non-hydrogen) atoms. The van der Waals surface area contributed by atoms with Gasteiger partial charge in [-0.15, -0.1) is 0 Å². The first-order valence-electron chi connectivity index (χ1n) is 8.90. The van der Waals surface area contributed by atoms with Crippen molar-refractivity contribution in [2.24, 2.45) is 0 Å². The van der Waals surface area contributed by atoms with Crippen molar-refractivity contribution < 1.29 is 9.53 Å². The van der Waals surface area contributed by atoms with E-state index in [-0.39, 0.29) is 12.1 Å². The fraction of sp³-hybridized carbons (Fsp3) is 0.500. The van der Waals surface area contributed by atoms with Crippen LogP contribution in [0.15, 0.2) is 36.8 Å². The topological polar surface area (TPSA) is 72.3 Å². The van der Waals surface area contributed by atoms with Gasteiger partial charge in [0.1, 0.15) is 0 Å². The van der Waals surface area contributed by atoms with Gasteiger partial charge in [-0.05, 0) is 37.8 Å². The Morgan fingerprint density at radius 3 is 3.08 bits per heavy atom. The predicted octanol–water partition coefficient (Wildman–Crippen LogP) is 3.08. The number of hydrogen-bond donors (Lipinski definition) is 1. The second-order valence-corrected chi connectivity index (χ2v) is 6.20. The number of nitrogens with one attached hydrogen (secondary N) is 1. The van der Waals surface area contributed by atoms with Crippen molar-refractivity contribution in [2.45, 2.75) is 38.7 Å². The molecule has 0 radical (unpaired) electrons. The number of hydrogen-bond acceptors (Lipinski definition) is 4. The molecule has 1 aliphatic rings. The summed E-state index contributed by atoms with van der Waals surface area (Å²) < 4.78 is 7.48. The summed E-state index contributed by atoms with van der Waals surface area (Å²) in [4.78, 5) is 18.6. The summed E-state index contributed by atoms with van der Waals surface area (Å²) in [5.41, 5.74) is 0.665. The number of rotatable bonds is 5. The Bertz CT molecular complexity index is 673. The molecule has 3 rings (SSSR count). The quantitative estimate of drug-likeness (QED) is 0.905. The van der Waals surface area contributed by atoms with Crippen molar-refractivity contribution in [3.05, 3.63) is 36.8 Å². The van der Waals surface area contributed by atoms with Gasteiger partial charge in [0.05, 0.1) is 24.2 Å². The van der Waals surface area contributed by atoms with Gasteiger partial charge in [0.2, 0.25) is 0 Å². The van der Waals surface area contributed by atoms with Crippen molar-refractivity contribution in [2.75, 3.05) is 25.0 Å². The van der Waals surface area contributed by atoms with E-state index in [9.17, 15) is 4.79 Å². The molecule has 3 heterocycles. The minimum atomic E-state index is -0.0864. The van der Waals surface area contributed by atoms with E-state index in [1.807, 2.05) is 23.1 Å². The molecule has 0 aliphatic carbocycles. The minimum absolute atomic E-state index is 0.0864. The molecular weight excluding hydrogens is 318 g/mol. The fourth-order valence-corrected chi connectivity index (χ4v) is 2.92. The maximum absolute atomic E-state index is 12.5. The lowest BCUT2D eigenvalue weighted by atomic mass is 10.2. The Morgan fingerprint density at radius 1 is 1.36 bits per heavy atom. The van der Waals surface area contributed by atoms with Crippen molar-refractivity contribution in [3.8, 4) is 5.82 Å². The molecule has 1 aliphatic heterocycles. The highest BCUT2D eigenvalue weighted by molar-refractivity contribution is 5.89. The third kappa shape index (κ3) is 4.79. The van der Waals surface area contributed by atoms with Gasteiger partial charge in [-0.3, -0.25) is 0 Å². The molecule has 2 aromatic heterocycles. The van der Waals surface area contributed by atoms with Crippen molar-refractivity contribution in [1.29, 1.82) is 0 Å². The van der Waals surface area contributed by atoms with Gasteiger partial charge in [-0.1, -0.05) is 13.0 Å². The molecule has 7 nitrogen and oxygen atoms in total. The standard InChI is InChI=1S/C18H25N5O2/c1-2-12-25-16-6-5-10-22(11-8-16)18(24)21-15-13-20-23(14-15)17-7-3-4-9-19-17/h3-4,7,9,13-14,16H,2,5-6,8,10-12H2,1H3,(H,21,24)/t16-/m0/s1. The molecule has 0 unspecified atom stereocenters. The van der Waals surface area contributed by atoms with Gasteiger partial charge in [0.15, 0.2) is 5.82 Å². The zero-order valence-corrected chi connectivity index (χ0v) is 14.6. The van der Waals surface area contributed by atoms with Gasteiger partial charge < -0.3 is 15.0 Å². The van der Waals surface area contributed by atoms with Crippen LogP contribution in [0.5, 0.6) is 0 Å². The lowest BCUT2D eigenvalue weighted by Gasteiger charge is -2.20. The van der Waals surface area contributed by atoms with Crippen LogP contribution in [-0.4, -0.2) is 51.5 Å². The summed E-state index contributed by atoms with van der Waals surface area (Å²) in [6.45, 7) is 4.38. The molecule has 2 amide bonds. The molecule has 1 saturated heterocycles. The van der Waals surface area contributed by atoms with Gasteiger partial charge in [0, 0.05) is 25.9 Å². The summed E-state index contributed by atoms with van der Waals surface area (Å²) in [5, 5.41) is 7.17. The maximum atomic E-state index is 12.5. The van der Waals surface area contributed by atoms with Gasteiger partial charge in [-0.25, -0.2) is 14.5 Å². The summed E-state index contributed by atoms with van der Waals surface area (Å²) in [7, 11) is 0.